The van der Waals surface area contributed by atoms with E-state index in [0.29, 0.717) is 11.6 Å². The zero-order valence-corrected chi connectivity index (χ0v) is 11.8. The van der Waals surface area contributed by atoms with Gasteiger partial charge in [-0.05, 0) is 43.4 Å². The molecular formula is C15H14N4S. The van der Waals surface area contributed by atoms with Crippen LogP contribution in [0.3, 0.4) is 0 Å². The minimum atomic E-state index is 0.612. The molecule has 3 aromatic rings. The average Bonchev–Trinajstić information content (AvgIpc) is 2.87. The highest BCUT2D eigenvalue weighted by atomic mass is 32.1. The summed E-state index contributed by atoms with van der Waals surface area (Å²) in [6, 6.07) is 3.82. The number of fused-ring (bicyclic) bond motifs is 3. The molecule has 3 aromatic heterocycles. The Kier molecular flexibility index (Phi) is 2.67. The third-order valence-electron chi connectivity index (χ3n) is 3.78. The molecule has 1 aliphatic carbocycles. The number of nitrogens with two attached hydrogens (primary N) is 1. The second-order valence-corrected chi connectivity index (χ2v) is 6.14. The van der Waals surface area contributed by atoms with Gasteiger partial charge < -0.3 is 5.73 Å². The van der Waals surface area contributed by atoms with Gasteiger partial charge in [0, 0.05) is 22.8 Å². The van der Waals surface area contributed by atoms with Crippen molar-refractivity contribution in [1.82, 2.24) is 15.0 Å². The first-order chi connectivity index (χ1) is 9.83. The van der Waals surface area contributed by atoms with Crippen molar-refractivity contribution in [3.8, 4) is 11.4 Å². The summed E-state index contributed by atoms with van der Waals surface area (Å²) in [5.74, 6) is 1.30. The van der Waals surface area contributed by atoms with Gasteiger partial charge in [-0.25, -0.2) is 9.97 Å². The number of rotatable bonds is 1. The molecule has 5 heteroatoms. The van der Waals surface area contributed by atoms with Gasteiger partial charge in [-0.3, -0.25) is 4.98 Å². The van der Waals surface area contributed by atoms with Crippen LogP contribution in [0.5, 0.6) is 0 Å². The van der Waals surface area contributed by atoms with E-state index in [4.69, 9.17) is 10.7 Å². The first-order valence-corrected chi connectivity index (χ1v) is 7.63. The van der Waals surface area contributed by atoms with Gasteiger partial charge in [-0.15, -0.1) is 11.3 Å². The van der Waals surface area contributed by atoms with Crippen LogP contribution < -0.4 is 5.73 Å². The van der Waals surface area contributed by atoms with Crippen LogP contribution in [0.4, 0.5) is 5.82 Å². The fourth-order valence-electron chi connectivity index (χ4n) is 2.82. The molecule has 0 fully saturated rings. The van der Waals surface area contributed by atoms with Crippen LogP contribution in [0.1, 0.15) is 23.3 Å². The van der Waals surface area contributed by atoms with E-state index in [9.17, 15) is 0 Å². The Hall–Kier alpha value is -2.01. The van der Waals surface area contributed by atoms with Crippen molar-refractivity contribution >= 4 is 27.4 Å². The van der Waals surface area contributed by atoms with Gasteiger partial charge in [-0.1, -0.05) is 0 Å². The number of hydrogen-bond donors (Lipinski definition) is 1. The van der Waals surface area contributed by atoms with Gasteiger partial charge in [0.1, 0.15) is 10.6 Å². The highest BCUT2D eigenvalue weighted by molar-refractivity contribution is 7.19. The molecule has 20 heavy (non-hydrogen) atoms. The molecule has 0 atom stereocenters. The van der Waals surface area contributed by atoms with Crippen LogP contribution in [-0.2, 0) is 12.8 Å². The van der Waals surface area contributed by atoms with Crippen LogP contribution in [-0.4, -0.2) is 15.0 Å². The first-order valence-electron chi connectivity index (χ1n) is 6.81. The van der Waals surface area contributed by atoms with Crippen molar-refractivity contribution in [3.63, 3.8) is 0 Å². The molecule has 3 heterocycles. The van der Waals surface area contributed by atoms with E-state index in [-0.39, 0.29) is 0 Å². The summed E-state index contributed by atoms with van der Waals surface area (Å²) in [5, 5.41) is 1.09. The topological polar surface area (TPSA) is 64.7 Å². The van der Waals surface area contributed by atoms with E-state index >= 15 is 0 Å². The lowest BCUT2D eigenvalue weighted by Crippen LogP contribution is -2.01. The number of aromatic nitrogens is 3. The summed E-state index contributed by atoms with van der Waals surface area (Å²) in [6.07, 6.45) is 8.27. The maximum atomic E-state index is 6.20. The number of nitrogens with zero attached hydrogens (tertiary/aromatic N) is 3. The first kappa shape index (κ1) is 11.8. The van der Waals surface area contributed by atoms with Crippen molar-refractivity contribution in [2.45, 2.75) is 25.7 Å². The summed E-state index contributed by atoms with van der Waals surface area (Å²) in [6.45, 7) is 0. The van der Waals surface area contributed by atoms with Crippen LogP contribution in [0.15, 0.2) is 24.5 Å². The molecule has 0 saturated heterocycles. The van der Waals surface area contributed by atoms with Crippen molar-refractivity contribution < 1.29 is 0 Å². The maximum absolute atomic E-state index is 6.20. The predicted molar refractivity (Wildman–Crippen MR) is 81.7 cm³/mol. The minimum absolute atomic E-state index is 0.612. The van der Waals surface area contributed by atoms with E-state index in [0.717, 1.165) is 28.6 Å². The maximum Gasteiger partial charge on any atom is 0.163 e. The molecule has 4 nitrogen and oxygen atoms in total. The molecule has 0 aromatic carbocycles. The second-order valence-electron chi connectivity index (χ2n) is 5.06. The van der Waals surface area contributed by atoms with Crippen molar-refractivity contribution in [2.75, 3.05) is 5.73 Å². The second kappa shape index (κ2) is 4.52. The van der Waals surface area contributed by atoms with E-state index in [2.05, 4.69) is 9.97 Å². The molecule has 2 N–H and O–H groups in total. The number of aryl methyl sites for hydroxylation is 2. The Morgan fingerprint density at radius 1 is 1.05 bits per heavy atom. The van der Waals surface area contributed by atoms with Crippen molar-refractivity contribution in [3.05, 3.63) is 35.0 Å². The van der Waals surface area contributed by atoms with E-state index in [1.165, 1.54) is 23.3 Å². The van der Waals surface area contributed by atoms with Crippen LogP contribution >= 0.6 is 11.3 Å². The van der Waals surface area contributed by atoms with E-state index < -0.39 is 0 Å². The van der Waals surface area contributed by atoms with Crippen LogP contribution in [0.25, 0.3) is 21.6 Å². The molecule has 1 aliphatic rings. The largest absolute Gasteiger partial charge is 0.383 e. The summed E-state index contributed by atoms with van der Waals surface area (Å²) in [5.41, 5.74) is 8.55. The third-order valence-corrected chi connectivity index (χ3v) is 4.97. The number of hydrogen-bond acceptors (Lipinski definition) is 5. The average molecular weight is 282 g/mol. The zero-order valence-electron chi connectivity index (χ0n) is 11.0. The molecular weight excluding hydrogens is 268 g/mol. The summed E-state index contributed by atoms with van der Waals surface area (Å²) < 4.78 is 0. The fraction of sp³-hybridized carbons (Fsp3) is 0.267. The zero-order chi connectivity index (χ0) is 13.5. The Bertz CT molecular complexity index is 779. The molecule has 0 radical (unpaired) electrons. The van der Waals surface area contributed by atoms with Gasteiger partial charge in [0.2, 0.25) is 0 Å². The van der Waals surface area contributed by atoms with Gasteiger partial charge in [0.25, 0.3) is 0 Å². The van der Waals surface area contributed by atoms with Gasteiger partial charge >= 0.3 is 0 Å². The Labute approximate surface area is 120 Å². The highest BCUT2D eigenvalue weighted by Crippen LogP contribution is 2.38. The minimum Gasteiger partial charge on any atom is -0.383 e. The number of anilines is 1. The summed E-state index contributed by atoms with van der Waals surface area (Å²) in [7, 11) is 0. The molecule has 0 spiro atoms. The molecule has 0 amide bonds. The van der Waals surface area contributed by atoms with Crippen molar-refractivity contribution in [2.24, 2.45) is 0 Å². The molecule has 0 saturated carbocycles. The van der Waals surface area contributed by atoms with E-state index in [1.54, 1.807) is 23.7 Å². The lowest BCUT2D eigenvalue weighted by atomic mass is 9.97. The Balaban J connectivity index is 1.95. The fourth-order valence-corrected chi connectivity index (χ4v) is 4.08. The molecule has 0 unspecified atom stereocenters. The number of nitrogen functional groups attached to an aromatic ring is 1. The molecule has 0 aliphatic heterocycles. The lowest BCUT2D eigenvalue weighted by molar-refractivity contribution is 0.700. The smallest absolute Gasteiger partial charge is 0.163 e. The summed E-state index contributed by atoms with van der Waals surface area (Å²) in [4.78, 5) is 15.7. The van der Waals surface area contributed by atoms with Gasteiger partial charge in [0.15, 0.2) is 5.82 Å². The third kappa shape index (κ3) is 1.78. The SMILES string of the molecule is Nc1nc(-c2ccncc2)nc2sc3c(c12)CCCC3. The standard InChI is InChI=1S/C15H14N4S/c16-13-12-10-3-1-2-4-11(10)20-15(12)19-14(18-13)9-5-7-17-8-6-9/h5-8H,1-4H2,(H2,16,18,19). The number of pyridine rings is 1. The van der Waals surface area contributed by atoms with Gasteiger partial charge in [0.05, 0.1) is 5.39 Å². The Morgan fingerprint density at radius 2 is 1.85 bits per heavy atom. The quantitative estimate of drug-likeness (QED) is 0.744. The van der Waals surface area contributed by atoms with Crippen LogP contribution in [0.2, 0.25) is 0 Å². The summed E-state index contributed by atoms with van der Waals surface area (Å²) >= 11 is 1.78. The van der Waals surface area contributed by atoms with Crippen LogP contribution in [0, 0.1) is 0 Å². The van der Waals surface area contributed by atoms with E-state index in [1.807, 2.05) is 12.1 Å². The Morgan fingerprint density at radius 3 is 2.70 bits per heavy atom. The molecule has 100 valence electrons. The predicted octanol–water partition coefficient (Wildman–Crippen LogP) is 3.21. The van der Waals surface area contributed by atoms with Crippen molar-refractivity contribution in [1.29, 1.82) is 0 Å². The monoisotopic (exact) mass is 282 g/mol. The molecule has 4 rings (SSSR count). The highest BCUT2D eigenvalue weighted by Gasteiger charge is 2.20. The normalized spacial score (nSPS) is 14.4. The number of thiophene rings is 1. The lowest BCUT2D eigenvalue weighted by Gasteiger charge is -2.10. The molecule has 0 bridgehead atoms. The van der Waals surface area contributed by atoms with Gasteiger partial charge in [-0.2, -0.15) is 0 Å².